The molecule has 1 atom stereocenters. The van der Waals surface area contributed by atoms with Gasteiger partial charge < -0.3 is 19.7 Å². The number of thiophene rings is 1. The van der Waals surface area contributed by atoms with Crippen molar-refractivity contribution in [1.29, 1.82) is 0 Å². The van der Waals surface area contributed by atoms with Gasteiger partial charge in [-0.1, -0.05) is 36.4 Å². The number of benzene rings is 2. The summed E-state index contributed by atoms with van der Waals surface area (Å²) in [5, 5.41) is 4.68. The fourth-order valence-electron chi connectivity index (χ4n) is 4.11. The molecule has 0 spiro atoms. The van der Waals surface area contributed by atoms with Gasteiger partial charge in [0.15, 0.2) is 11.5 Å². The van der Waals surface area contributed by atoms with Crippen LogP contribution in [-0.2, 0) is 21.7 Å². The summed E-state index contributed by atoms with van der Waals surface area (Å²) >= 11 is 1.52. The van der Waals surface area contributed by atoms with Crippen LogP contribution in [0.1, 0.15) is 17.4 Å². The Bertz CT molecular complexity index is 1230. The minimum absolute atomic E-state index is 0.301. The molecule has 1 unspecified atom stereocenters. The molecule has 5 rings (SSSR count). The summed E-state index contributed by atoms with van der Waals surface area (Å²) in [4.78, 5) is 43.1. The number of imide groups is 1. The number of ether oxygens (including phenoxy) is 2. The Morgan fingerprint density at radius 1 is 1.06 bits per heavy atom. The molecule has 3 heterocycles. The van der Waals surface area contributed by atoms with E-state index in [1.807, 2.05) is 23.6 Å². The zero-order valence-electron chi connectivity index (χ0n) is 18.5. The second kappa shape index (κ2) is 8.83. The number of anilines is 1. The normalized spacial score (nSPS) is 19.1. The summed E-state index contributed by atoms with van der Waals surface area (Å²) in [6.07, 6.45) is 0. The van der Waals surface area contributed by atoms with Gasteiger partial charge in [0, 0.05) is 16.6 Å². The van der Waals surface area contributed by atoms with Crippen LogP contribution in [-0.4, -0.2) is 42.5 Å². The Hall–Kier alpha value is -3.85. The predicted octanol–water partition coefficient (Wildman–Crippen LogP) is 3.52. The van der Waals surface area contributed by atoms with E-state index in [0.29, 0.717) is 42.5 Å². The lowest BCUT2D eigenvalue weighted by Crippen LogP contribution is -2.44. The number of urea groups is 1. The first-order valence-corrected chi connectivity index (χ1v) is 11.8. The summed E-state index contributed by atoms with van der Waals surface area (Å²) in [7, 11) is 0. The van der Waals surface area contributed by atoms with Crippen molar-refractivity contribution in [2.75, 3.05) is 24.7 Å². The average Bonchev–Trinajstić information content (AvgIpc) is 3.45. The molecule has 1 N–H and O–H groups in total. The Labute approximate surface area is 200 Å². The van der Waals surface area contributed by atoms with Crippen LogP contribution < -0.4 is 19.7 Å². The van der Waals surface area contributed by atoms with Gasteiger partial charge in [-0.25, -0.2) is 4.79 Å². The average molecular weight is 478 g/mol. The van der Waals surface area contributed by atoms with Crippen molar-refractivity contribution < 1.29 is 23.9 Å². The summed E-state index contributed by atoms with van der Waals surface area (Å²) < 4.78 is 11.3. The quantitative estimate of drug-likeness (QED) is 0.549. The van der Waals surface area contributed by atoms with Crippen LogP contribution in [0.2, 0.25) is 0 Å². The van der Waals surface area contributed by atoms with Crippen molar-refractivity contribution >= 4 is 34.9 Å². The number of carbonyl (C=O) groups excluding carboxylic acids is 3. The van der Waals surface area contributed by atoms with Gasteiger partial charge in [-0.15, -0.1) is 11.3 Å². The second-order valence-electron chi connectivity index (χ2n) is 8.20. The first kappa shape index (κ1) is 22.0. The lowest BCUT2D eigenvalue weighted by atomic mass is 9.92. The van der Waals surface area contributed by atoms with Gasteiger partial charge in [-0.05, 0) is 36.1 Å². The molecule has 1 aromatic heterocycles. The summed E-state index contributed by atoms with van der Waals surface area (Å²) in [5.41, 5.74) is 0.0277. The van der Waals surface area contributed by atoms with E-state index in [-0.39, 0.29) is 12.5 Å². The van der Waals surface area contributed by atoms with E-state index in [0.717, 1.165) is 9.78 Å². The molecule has 4 amide bonds. The van der Waals surface area contributed by atoms with E-state index in [4.69, 9.17) is 9.47 Å². The number of amides is 4. The Morgan fingerprint density at radius 3 is 2.56 bits per heavy atom. The van der Waals surface area contributed by atoms with Crippen molar-refractivity contribution in [3.8, 4) is 11.5 Å². The van der Waals surface area contributed by atoms with Crippen molar-refractivity contribution in [3.63, 3.8) is 0 Å². The maximum absolute atomic E-state index is 13.5. The Kier molecular flexibility index (Phi) is 5.70. The number of nitrogens with one attached hydrogen (secondary N) is 1. The lowest BCUT2D eigenvalue weighted by molar-refractivity contribution is -0.134. The fraction of sp³-hybridized carbons (Fsp3) is 0.240. The monoisotopic (exact) mass is 477 g/mol. The van der Waals surface area contributed by atoms with E-state index in [9.17, 15) is 14.4 Å². The molecule has 174 valence electrons. The van der Waals surface area contributed by atoms with E-state index in [1.165, 1.54) is 11.3 Å². The third-order valence-electron chi connectivity index (χ3n) is 5.95. The first-order chi connectivity index (χ1) is 16.5. The summed E-state index contributed by atoms with van der Waals surface area (Å²) in [6.45, 7) is 2.46. The van der Waals surface area contributed by atoms with Gasteiger partial charge in [0.25, 0.3) is 5.91 Å². The smallest absolute Gasteiger partial charge is 0.325 e. The van der Waals surface area contributed by atoms with Crippen LogP contribution in [0.15, 0.2) is 66.0 Å². The van der Waals surface area contributed by atoms with Gasteiger partial charge in [0.05, 0.1) is 6.54 Å². The van der Waals surface area contributed by atoms with Gasteiger partial charge in [-0.3, -0.25) is 14.5 Å². The number of hydrogen-bond donors (Lipinski definition) is 1. The van der Waals surface area contributed by atoms with E-state index in [1.54, 1.807) is 54.3 Å². The van der Waals surface area contributed by atoms with Crippen LogP contribution >= 0.6 is 11.3 Å². The molecule has 9 heteroatoms. The predicted molar refractivity (Wildman–Crippen MR) is 127 cm³/mol. The van der Waals surface area contributed by atoms with Crippen molar-refractivity contribution in [3.05, 3.63) is 76.5 Å². The molecule has 8 nitrogen and oxygen atoms in total. The summed E-state index contributed by atoms with van der Waals surface area (Å²) in [5.74, 6) is 0.326. The molecular weight excluding hydrogens is 454 g/mol. The van der Waals surface area contributed by atoms with Crippen LogP contribution in [0.25, 0.3) is 0 Å². The Morgan fingerprint density at radius 2 is 1.82 bits per heavy atom. The number of rotatable bonds is 6. The van der Waals surface area contributed by atoms with Crippen LogP contribution in [0, 0.1) is 0 Å². The molecule has 0 radical (unpaired) electrons. The third-order valence-corrected chi connectivity index (χ3v) is 6.81. The van der Waals surface area contributed by atoms with Gasteiger partial charge in [0.2, 0.25) is 5.91 Å². The molecule has 0 saturated carbocycles. The molecular formula is C25H23N3O5S. The molecule has 0 aliphatic carbocycles. The van der Waals surface area contributed by atoms with Crippen LogP contribution in [0.5, 0.6) is 11.5 Å². The zero-order valence-corrected chi connectivity index (χ0v) is 19.3. The number of fused-ring (bicyclic) bond motifs is 1. The fourth-order valence-corrected chi connectivity index (χ4v) is 4.80. The van der Waals surface area contributed by atoms with Gasteiger partial charge in [-0.2, -0.15) is 0 Å². The highest BCUT2D eigenvalue weighted by Crippen LogP contribution is 2.35. The Balaban J connectivity index is 1.42. The van der Waals surface area contributed by atoms with Crippen molar-refractivity contribution in [2.45, 2.75) is 19.0 Å². The first-order valence-electron chi connectivity index (χ1n) is 10.9. The highest BCUT2D eigenvalue weighted by atomic mass is 32.1. The van der Waals surface area contributed by atoms with E-state index >= 15 is 0 Å². The molecule has 2 aromatic carbocycles. The standard InChI is InChI=1S/C25H23N3O5S/c1-25(17-6-3-2-4-7-17)23(30)28(24(31)26-25)16-22(29)27(15-19-8-5-13-34-19)18-9-10-20-21(14-18)33-12-11-32-20/h2-10,13-14H,11-12,15-16H2,1H3,(H,26,31). The van der Waals surface area contributed by atoms with Crippen molar-refractivity contribution in [1.82, 2.24) is 10.2 Å². The SMILES string of the molecule is CC1(c2ccccc2)NC(=O)N(CC(=O)N(Cc2cccs2)c2ccc3c(c2)OCCO3)C1=O. The second-order valence-corrected chi connectivity index (χ2v) is 9.23. The molecule has 1 fully saturated rings. The largest absolute Gasteiger partial charge is 0.486 e. The van der Waals surface area contributed by atoms with Crippen LogP contribution in [0.4, 0.5) is 10.5 Å². The van der Waals surface area contributed by atoms with Gasteiger partial charge in [0.1, 0.15) is 25.3 Å². The van der Waals surface area contributed by atoms with Crippen LogP contribution in [0.3, 0.4) is 0 Å². The molecule has 34 heavy (non-hydrogen) atoms. The third kappa shape index (κ3) is 3.99. The number of carbonyl (C=O) groups is 3. The minimum Gasteiger partial charge on any atom is -0.486 e. The molecule has 2 aliphatic rings. The number of nitrogens with zero attached hydrogens (tertiary/aromatic N) is 2. The van der Waals surface area contributed by atoms with Gasteiger partial charge >= 0.3 is 6.03 Å². The highest BCUT2D eigenvalue weighted by Gasteiger charge is 2.49. The topological polar surface area (TPSA) is 88.2 Å². The molecule has 3 aromatic rings. The molecule has 1 saturated heterocycles. The van der Waals surface area contributed by atoms with E-state index < -0.39 is 17.5 Å². The van der Waals surface area contributed by atoms with Crippen molar-refractivity contribution in [2.24, 2.45) is 0 Å². The highest BCUT2D eigenvalue weighted by molar-refractivity contribution is 7.09. The maximum atomic E-state index is 13.5. The summed E-state index contributed by atoms with van der Waals surface area (Å²) in [6, 6.07) is 17.5. The molecule has 2 aliphatic heterocycles. The maximum Gasteiger partial charge on any atom is 0.325 e. The molecule has 0 bridgehead atoms. The number of hydrogen-bond acceptors (Lipinski definition) is 6. The minimum atomic E-state index is -1.23. The lowest BCUT2D eigenvalue weighted by Gasteiger charge is -2.27. The van der Waals surface area contributed by atoms with E-state index in [2.05, 4.69) is 5.32 Å². The zero-order chi connectivity index (χ0) is 23.7.